The Balaban J connectivity index is 1.50. The second-order valence-electron chi connectivity index (χ2n) is 10.6. The molecule has 224 valence electrons. The molecule has 0 saturated carbocycles. The molecule has 0 bridgehead atoms. The number of aryl methyl sites for hydroxylation is 1. The van der Waals surface area contributed by atoms with E-state index in [0.717, 1.165) is 29.4 Å². The van der Waals surface area contributed by atoms with E-state index in [4.69, 9.17) is 24.3 Å². The molecule has 0 unspecified atom stereocenters. The monoisotopic (exact) mass is 579 g/mol. The highest BCUT2D eigenvalue weighted by Gasteiger charge is 2.45. The minimum absolute atomic E-state index is 0.0764. The van der Waals surface area contributed by atoms with Crippen molar-refractivity contribution in [2.75, 3.05) is 32.9 Å². The fourth-order valence-corrected chi connectivity index (χ4v) is 5.76. The Morgan fingerprint density at radius 2 is 1.95 bits per heavy atom. The minimum atomic E-state index is -1.88. The van der Waals surface area contributed by atoms with Crippen molar-refractivity contribution in [3.05, 3.63) is 56.9 Å². The maximum Gasteiger partial charge on any atom is 0.415 e. The summed E-state index contributed by atoms with van der Waals surface area (Å²) < 4.78 is 17.9. The van der Waals surface area contributed by atoms with E-state index in [1.54, 1.807) is 40.7 Å². The van der Waals surface area contributed by atoms with Crippen LogP contribution < -0.4 is 10.3 Å². The SMILES string of the molecule is CCCCN(CCOCCO)C(=O)Oc1ccc2nc3c(c(CC)c2c1)Cn1c-3cc2c(c1=O)COC(=O)[C@]2(O)CC. The summed E-state index contributed by atoms with van der Waals surface area (Å²) in [6.07, 6.45) is 1.98. The number of amides is 1. The van der Waals surface area contributed by atoms with Crippen LogP contribution in [0.2, 0.25) is 0 Å². The number of aromatic nitrogens is 2. The van der Waals surface area contributed by atoms with Crippen molar-refractivity contribution in [3.63, 3.8) is 0 Å². The van der Waals surface area contributed by atoms with Crippen molar-refractivity contribution in [1.29, 1.82) is 0 Å². The van der Waals surface area contributed by atoms with Gasteiger partial charge in [0.25, 0.3) is 5.56 Å². The third kappa shape index (κ3) is 5.16. The molecule has 0 fully saturated rings. The normalized spacial score (nSPS) is 17.0. The molecule has 1 atom stereocenters. The zero-order valence-corrected chi connectivity index (χ0v) is 24.3. The Hall–Kier alpha value is -3.80. The van der Waals surface area contributed by atoms with Crippen LogP contribution in [-0.2, 0) is 39.4 Å². The predicted octanol–water partition coefficient (Wildman–Crippen LogP) is 3.25. The summed E-state index contributed by atoms with van der Waals surface area (Å²) in [6, 6.07) is 6.99. The number of carbonyl (C=O) groups excluding carboxylic acids is 2. The summed E-state index contributed by atoms with van der Waals surface area (Å²) in [5.74, 6) is -0.373. The van der Waals surface area contributed by atoms with Crippen LogP contribution in [0.4, 0.5) is 4.79 Å². The zero-order chi connectivity index (χ0) is 30.0. The van der Waals surface area contributed by atoms with Gasteiger partial charge in [-0.25, -0.2) is 14.6 Å². The van der Waals surface area contributed by atoms with E-state index in [2.05, 4.69) is 0 Å². The van der Waals surface area contributed by atoms with Crippen molar-refractivity contribution in [2.24, 2.45) is 0 Å². The molecule has 0 spiro atoms. The third-order valence-corrected chi connectivity index (χ3v) is 8.12. The predicted molar refractivity (Wildman–Crippen MR) is 154 cm³/mol. The van der Waals surface area contributed by atoms with Gasteiger partial charge in [0.1, 0.15) is 12.4 Å². The number of rotatable bonds is 11. The Morgan fingerprint density at radius 1 is 1.14 bits per heavy atom. The van der Waals surface area contributed by atoms with Crippen molar-refractivity contribution in [3.8, 4) is 17.1 Å². The molecule has 1 amide bonds. The molecule has 0 saturated heterocycles. The van der Waals surface area contributed by atoms with Gasteiger partial charge >= 0.3 is 12.1 Å². The molecule has 2 aromatic heterocycles. The Bertz CT molecular complexity index is 1580. The molecule has 2 aliphatic heterocycles. The van der Waals surface area contributed by atoms with E-state index in [1.807, 2.05) is 13.8 Å². The highest BCUT2D eigenvalue weighted by molar-refractivity contribution is 5.90. The van der Waals surface area contributed by atoms with E-state index in [1.165, 1.54) is 0 Å². The van der Waals surface area contributed by atoms with Crippen LogP contribution >= 0.6 is 0 Å². The summed E-state index contributed by atoms with van der Waals surface area (Å²) in [5, 5.41) is 20.9. The van der Waals surface area contributed by atoms with Gasteiger partial charge in [0.2, 0.25) is 0 Å². The number of fused-ring (bicyclic) bond motifs is 5. The van der Waals surface area contributed by atoms with Crippen LogP contribution in [0.5, 0.6) is 5.75 Å². The van der Waals surface area contributed by atoms with Crippen molar-refractivity contribution < 1.29 is 34.0 Å². The molecule has 3 aromatic rings. The van der Waals surface area contributed by atoms with Gasteiger partial charge in [0.15, 0.2) is 5.60 Å². The summed E-state index contributed by atoms with van der Waals surface area (Å²) in [5.41, 5.74) is 2.09. The largest absolute Gasteiger partial charge is 0.458 e. The molecular weight excluding hydrogens is 542 g/mol. The second-order valence-corrected chi connectivity index (χ2v) is 10.6. The van der Waals surface area contributed by atoms with E-state index >= 15 is 0 Å². The number of aliphatic hydroxyl groups is 2. The summed E-state index contributed by atoms with van der Waals surface area (Å²) >= 11 is 0. The zero-order valence-electron chi connectivity index (χ0n) is 24.3. The van der Waals surface area contributed by atoms with Crippen LogP contribution in [-0.4, -0.2) is 69.6 Å². The Kier molecular flexibility index (Phi) is 8.63. The number of cyclic esters (lactones) is 1. The molecule has 4 heterocycles. The molecular formula is C31H37N3O8. The first-order chi connectivity index (χ1) is 20.3. The van der Waals surface area contributed by atoms with Crippen LogP contribution in [0.3, 0.4) is 0 Å². The summed E-state index contributed by atoms with van der Waals surface area (Å²) in [4.78, 5) is 45.6. The first-order valence-corrected chi connectivity index (χ1v) is 14.5. The number of hydrogen-bond donors (Lipinski definition) is 2. The molecule has 0 radical (unpaired) electrons. The van der Waals surface area contributed by atoms with Gasteiger partial charge in [0, 0.05) is 29.6 Å². The number of nitrogens with zero attached hydrogens (tertiary/aromatic N) is 3. The van der Waals surface area contributed by atoms with Gasteiger partial charge in [0.05, 0.1) is 48.8 Å². The smallest absolute Gasteiger partial charge is 0.415 e. The summed E-state index contributed by atoms with van der Waals surface area (Å²) in [6.45, 7) is 7.17. The molecule has 5 rings (SSSR count). The first-order valence-electron chi connectivity index (χ1n) is 14.5. The number of pyridine rings is 2. The average molecular weight is 580 g/mol. The molecule has 2 aliphatic rings. The van der Waals surface area contributed by atoms with E-state index in [-0.39, 0.29) is 42.9 Å². The number of esters is 1. The molecule has 2 N–H and O–H groups in total. The third-order valence-electron chi connectivity index (χ3n) is 8.12. The van der Waals surface area contributed by atoms with Gasteiger partial charge in [-0.1, -0.05) is 27.2 Å². The van der Waals surface area contributed by atoms with E-state index in [9.17, 15) is 19.5 Å². The quantitative estimate of drug-likeness (QED) is 0.202. The fourth-order valence-electron chi connectivity index (χ4n) is 5.76. The maximum atomic E-state index is 13.6. The van der Waals surface area contributed by atoms with Gasteiger partial charge in [-0.2, -0.15) is 0 Å². The van der Waals surface area contributed by atoms with Crippen LogP contribution in [0, 0.1) is 0 Å². The molecule has 42 heavy (non-hydrogen) atoms. The second kappa shape index (κ2) is 12.2. The lowest BCUT2D eigenvalue weighted by molar-refractivity contribution is -0.172. The average Bonchev–Trinajstić information content (AvgIpc) is 3.36. The topological polar surface area (TPSA) is 140 Å². The Morgan fingerprint density at radius 3 is 2.67 bits per heavy atom. The minimum Gasteiger partial charge on any atom is -0.458 e. The number of ether oxygens (including phenoxy) is 3. The lowest BCUT2D eigenvalue weighted by atomic mass is 9.86. The molecule has 11 heteroatoms. The highest BCUT2D eigenvalue weighted by Crippen LogP contribution is 2.40. The lowest BCUT2D eigenvalue weighted by Gasteiger charge is -2.31. The van der Waals surface area contributed by atoms with Crippen LogP contribution in [0.15, 0.2) is 29.1 Å². The first kappa shape index (κ1) is 29.7. The molecule has 11 nitrogen and oxygen atoms in total. The fraction of sp³-hybridized carbons (Fsp3) is 0.484. The number of carbonyl (C=O) groups is 2. The van der Waals surface area contributed by atoms with Crippen molar-refractivity contribution in [1.82, 2.24) is 14.5 Å². The van der Waals surface area contributed by atoms with Crippen LogP contribution in [0.1, 0.15) is 62.3 Å². The maximum absolute atomic E-state index is 13.6. The van der Waals surface area contributed by atoms with Gasteiger partial charge in [-0.05, 0) is 49.1 Å². The van der Waals surface area contributed by atoms with Crippen molar-refractivity contribution in [2.45, 2.75) is 65.2 Å². The number of benzene rings is 1. The van der Waals surface area contributed by atoms with Crippen molar-refractivity contribution >= 4 is 23.0 Å². The number of aliphatic hydroxyl groups excluding tert-OH is 1. The van der Waals surface area contributed by atoms with E-state index < -0.39 is 17.7 Å². The highest BCUT2D eigenvalue weighted by atomic mass is 16.6. The summed E-state index contributed by atoms with van der Waals surface area (Å²) in [7, 11) is 0. The standard InChI is InChI=1S/C31H37N3O8/c1-4-7-10-33(11-13-40-14-12-35)30(38)42-19-8-9-25-21(15-19)20(5-2)22-17-34-26(27(22)32-25)16-24-23(28(34)36)18-41-29(37)31(24,39)6-3/h8-9,15-16,35,39H,4-7,10-14,17-18H2,1-3H3/t31-/m0/s1. The van der Waals surface area contributed by atoms with Gasteiger partial charge in [-0.15, -0.1) is 0 Å². The number of hydrogen-bond acceptors (Lipinski definition) is 9. The molecule has 1 aromatic carbocycles. The van der Waals surface area contributed by atoms with Crippen LogP contribution in [0.25, 0.3) is 22.3 Å². The number of unbranched alkanes of at least 4 members (excludes halogenated alkanes) is 1. The lowest BCUT2D eigenvalue weighted by Crippen LogP contribution is -2.44. The Labute approximate surface area is 243 Å². The van der Waals surface area contributed by atoms with E-state index in [0.29, 0.717) is 55.3 Å². The molecule has 0 aliphatic carbocycles. The van der Waals surface area contributed by atoms with Gasteiger partial charge in [-0.3, -0.25) is 4.79 Å². The van der Waals surface area contributed by atoms with Gasteiger partial charge < -0.3 is 33.9 Å².